The molecule has 0 amide bonds. The molecule has 0 atom stereocenters. The molecule has 0 aromatic carbocycles. The van der Waals surface area contributed by atoms with Crippen LogP contribution in [0.1, 0.15) is 40.7 Å². The van der Waals surface area contributed by atoms with E-state index in [1.165, 1.54) is 31.1 Å². The lowest BCUT2D eigenvalue weighted by molar-refractivity contribution is 0.592. The van der Waals surface area contributed by atoms with Crippen LogP contribution in [0.4, 0.5) is 5.82 Å². The van der Waals surface area contributed by atoms with Crippen LogP contribution in [0.25, 0.3) is 18.0 Å². The Hall–Kier alpha value is -3.56. The molecule has 0 aliphatic rings. The number of nitrogens with one attached hydrogen (secondary N) is 1. The fourth-order valence-electron chi connectivity index (χ4n) is 2.23. The van der Waals surface area contributed by atoms with Crippen molar-refractivity contribution in [3.8, 4) is 0 Å². The first-order chi connectivity index (χ1) is 13.1. The highest BCUT2D eigenvalue weighted by Crippen LogP contribution is 2.13. The topological polar surface area (TPSA) is 185 Å². The Kier molecular flexibility index (Phi) is 7.99. The minimum absolute atomic E-state index is 0. The molecule has 2 aromatic heterocycles. The first-order valence-electron chi connectivity index (χ1n) is 8.65. The van der Waals surface area contributed by atoms with Gasteiger partial charge in [0.25, 0.3) is 11.1 Å². The van der Waals surface area contributed by atoms with Gasteiger partial charge in [0.15, 0.2) is 0 Å². The van der Waals surface area contributed by atoms with Crippen molar-refractivity contribution in [2.75, 3.05) is 5.73 Å². The van der Waals surface area contributed by atoms with Gasteiger partial charge in [0.05, 0.1) is 22.5 Å². The molecule has 0 aliphatic heterocycles. The molecule has 0 spiro atoms. The maximum atomic E-state index is 11.3. The molecule has 9 N–H and O–H groups in total. The zero-order valence-electron chi connectivity index (χ0n) is 16.5. The van der Waals surface area contributed by atoms with Gasteiger partial charge in [0.2, 0.25) is 0 Å². The van der Waals surface area contributed by atoms with Crippen LogP contribution in [-0.2, 0) is 0 Å². The molecule has 2 heterocycles. The molecule has 10 heteroatoms. The standard InChI is InChI=1S/2C9H14N4O.H2/c1-5(2)7(11)8-6(3-10)9(14)13-4-12-8;1-6(2)13-5-12-9(14)7(3-4-10)8(13)11;/h3-5H,10-11H2,1-2H3,(H,12,13,14);3-6H,10-11H2,1-2H3;1H/b6-3+,8-7+;4-3-;. The third-order valence-corrected chi connectivity index (χ3v) is 3.85. The molecule has 0 unspecified atom stereocenters. The Labute approximate surface area is 163 Å². The van der Waals surface area contributed by atoms with Crippen LogP contribution < -0.4 is 44.6 Å². The van der Waals surface area contributed by atoms with Crippen molar-refractivity contribution in [2.24, 2.45) is 23.1 Å². The number of nitrogens with zero attached hydrogens (tertiary/aromatic N) is 3. The predicted octanol–water partition coefficient (Wildman–Crippen LogP) is -1.23. The average Bonchev–Trinajstić information content (AvgIpc) is 2.64. The van der Waals surface area contributed by atoms with Crippen LogP contribution in [0.3, 0.4) is 0 Å². The van der Waals surface area contributed by atoms with Gasteiger partial charge >= 0.3 is 0 Å². The monoisotopic (exact) mass is 390 g/mol. The summed E-state index contributed by atoms with van der Waals surface area (Å²) in [6.45, 7) is 7.77. The quantitative estimate of drug-likeness (QED) is 0.431. The van der Waals surface area contributed by atoms with Crippen molar-refractivity contribution in [2.45, 2.75) is 33.7 Å². The molecule has 154 valence electrons. The van der Waals surface area contributed by atoms with Crippen LogP contribution in [0.2, 0.25) is 0 Å². The zero-order valence-corrected chi connectivity index (χ0v) is 16.5. The van der Waals surface area contributed by atoms with E-state index in [1.54, 1.807) is 4.57 Å². The summed E-state index contributed by atoms with van der Waals surface area (Å²) in [4.78, 5) is 32.8. The number of rotatable bonds is 3. The van der Waals surface area contributed by atoms with E-state index in [-0.39, 0.29) is 24.5 Å². The highest BCUT2D eigenvalue weighted by Gasteiger charge is 2.08. The number of aromatic amines is 1. The summed E-state index contributed by atoms with van der Waals surface area (Å²) in [6, 6.07) is 0.160. The SMILES string of the molecule is CC(C)/C(N)=c1\nc[nH]c(=O)\c1=C\N.CC(C)n1cnc(=O)c(/C=C\N)c1N.[HH]. The Morgan fingerprint density at radius 1 is 1.21 bits per heavy atom. The van der Waals surface area contributed by atoms with Crippen LogP contribution in [0.5, 0.6) is 0 Å². The lowest BCUT2D eigenvalue weighted by Crippen LogP contribution is -2.46. The zero-order chi connectivity index (χ0) is 21.4. The fourth-order valence-corrected chi connectivity index (χ4v) is 2.23. The number of hydrogen-bond donors (Lipinski definition) is 5. The normalized spacial score (nSPS) is 13.0. The second-order valence-corrected chi connectivity index (χ2v) is 6.48. The number of nitrogen functional groups attached to an aromatic ring is 1. The smallest absolute Gasteiger partial charge is 0.282 e. The van der Waals surface area contributed by atoms with Gasteiger partial charge in [0.1, 0.15) is 12.1 Å². The predicted molar refractivity (Wildman–Crippen MR) is 114 cm³/mol. The summed E-state index contributed by atoms with van der Waals surface area (Å²) in [5, 5.41) is 0.782. The largest absolute Gasteiger partial charge is 0.405 e. The van der Waals surface area contributed by atoms with Crippen molar-refractivity contribution in [1.29, 1.82) is 0 Å². The van der Waals surface area contributed by atoms with Gasteiger partial charge in [-0.15, -0.1) is 0 Å². The molecule has 10 nitrogen and oxygen atoms in total. The summed E-state index contributed by atoms with van der Waals surface area (Å²) in [5.41, 5.74) is 22.4. The van der Waals surface area contributed by atoms with Crippen molar-refractivity contribution in [1.82, 2.24) is 19.5 Å². The second-order valence-electron chi connectivity index (χ2n) is 6.48. The average molecular weight is 390 g/mol. The van der Waals surface area contributed by atoms with E-state index in [0.29, 0.717) is 27.6 Å². The van der Waals surface area contributed by atoms with Crippen molar-refractivity contribution in [3.63, 3.8) is 0 Å². The van der Waals surface area contributed by atoms with E-state index in [1.807, 2.05) is 27.7 Å². The summed E-state index contributed by atoms with van der Waals surface area (Å²) in [7, 11) is 0. The summed E-state index contributed by atoms with van der Waals surface area (Å²) < 4.78 is 1.72. The minimum Gasteiger partial charge on any atom is -0.405 e. The molecule has 0 bridgehead atoms. The highest BCUT2D eigenvalue weighted by molar-refractivity contribution is 5.59. The van der Waals surface area contributed by atoms with Gasteiger partial charge in [-0.2, -0.15) is 4.98 Å². The molecular formula is C18H30N8O2. The Morgan fingerprint density at radius 3 is 2.36 bits per heavy atom. The van der Waals surface area contributed by atoms with E-state index in [0.717, 1.165) is 0 Å². The number of H-pyrrole nitrogens is 1. The van der Waals surface area contributed by atoms with Crippen LogP contribution in [0, 0.1) is 5.92 Å². The molecule has 0 aliphatic carbocycles. The molecule has 0 saturated heterocycles. The van der Waals surface area contributed by atoms with E-state index in [4.69, 9.17) is 22.9 Å². The molecule has 0 saturated carbocycles. The third kappa shape index (κ3) is 5.22. The number of nitrogens with two attached hydrogens (primary N) is 4. The lowest BCUT2D eigenvalue weighted by Gasteiger charge is -2.14. The second kappa shape index (κ2) is 9.95. The van der Waals surface area contributed by atoms with Gasteiger partial charge in [0, 0.05) is 19.4 Å². The highest BCUT2D eigenvalue weighted by atomic mass is 16.1. The van der Waals surface area contributed by atoms with Crippen molar-refractivity contribution >= 4 is 23.8 Å². The summed E-state index contributed by atoms with van der Waals surface area (Å²) in [6.07, 6.45) is 6.72. The number of aromatic nitrogens is 4. The first-order valence-corrected chi connectivity index (χ1v) is 8.65. The Balaban J connectivity index is 0.000000523. The molecular weight excluding hydrogens is 360 g/mol. The Bertz CT molecular complexity index is 1070. The number of anilines is 1. The first kappa shape index (κ1) is 22.5. The van der Waals surface area contributed by atoms with Crippen LogP contribution in [0.15, 0.2) is 28.4 Å². The maximum Gasteiger partial charge on any atom is 0.282 e. The molecule has 2 rings (SSSR count). The maximum absolute atomic E-state index is 11.3. The minimum atomic E-state index is -0.360. The molecule has 0 radical (unpaired) electrons. The third-order valence-electron chi connectivity index (χ3n) is 3.85. The van der Waals surface area contributed by atoms with Crippen molar-refractivity contribution in [3.05, 3.63) is 55.7 Å². The molecule has 2 aromatic rings. The van der Waals surface area contributed by atoms with Gasteiger partial charge in [-0.1, -0.05) is 13.8 Å². The molecule has 28 heavy (non-hydrogen) atoms. The van der Waals surface area contributed by atoms with E-state index >= 15 is 0 Å². The number of hydrogen-bond acceptors (Lipinski definition) is 8. The van der Waals surface area contributed by atoms with Gasteiger partial charge in [-0.3, -0.25) is 9.59 Å². The van der Waals surface area contributed by atoms with Gasteiger partial charge < -0.3 is 32.5 Å². The summed E-state index contributed by atoms with van der Waals surface area (Å²) in [5.74, 6) is 0.518. The Morgan fingerprint density at radius 2 is 1.86 bits per heavy atom. The molecule has 0 fully saturated rings. The van der Waals surface area contributed by atoms with Crippen LogP contribution >= 0.6 is 0 Å². The van der Waals surface area contributed by atoms with Gasteiger partial charge in [-0.25, -0.2) is 4.98 Å². The lowest BCUT2D eigenvalue weighted by atomic mass is 10.1. The van der Waals surface area contributed by atoms with E-state index in [9.17, 15) is 9.59 Å². The van der Waals surface area contributed by atoms with Gasteiger partial charge in [-0.05, 0) is 32.0 Å². The van der Waals surface area contributed by atoms with Crippen LogP contribution in [-0.4, -0.2) is 19.5 Å². The van der Waals surface area contributed by atoms with E-state index in [2.05, 4.69) is 15.0 Å². The van der Waals surface area contributed by atoms with E-state index < -0.39 is 0 Å². The van der Waals surface area contributed by atoms with Crippen molar-refractivity contribution < 1.29 is 1.43 Å². The fraction of sp³-hybridized carbons (Fsp3) is 0.333. The summed E-state index contributed by atoms with van der Waals surface area (Å²) >= 11 is 0.